The third kappa shape index (κ3) is 3.73. The van der Waals surface area contributed by atoms with Crippen LogP contribution in [-0.2, 0) is 0 Å². The van der Waals surface area contributed by atoms with Gasteiger partial charge in [-0.05, 0) is 71.4 Å². The molecule has 0 spiro atoms. The number of carboxylic acid groups (broad SMARTS) is 1. The number of rotatable bonds is 5. The molecule has 0 saturated heterocycles. The van der Waals surface area contributed by atoms with Crippen molar-refractivity contribution in [2.75, 3.05) is 5.32 Å². The van der Waals surface area contributed by atoms with E-state index in [1.165, 1.54) is 0 Å². The minimum atomic E-state index is -0.979. The molecule has 0 bridgehead atoms. The Hall–Kier alpha value is -3.99. The average Bonchev–Trinajstić information content (AvgIpc) is 2.70. The molecule has 5 heteroatoms. The number of hydrogen-bond donors (Lipinski definition) is 3. The number of para-hydroxylation sites is 1. The Balaban J connectivity index is 1.51. The predicted molar refractivity (Wildman–Crippen MR) is 109 cm³/mol. The van der Waals surface area contributed by atoms with Crippen LogP contribution in [0.2, 0.25) is 0 Å². The van der Waals surface area contributed by atoms with Crippen molar-refractivity contribution in [3.05, 3.63) is 90.5 Å². The van der Waals surface area contributed by atoms with Crippen molar-refractivity contribution < 1.29 is 19.7 Å². The number of nitrogens with one attached hydrogen (secondary N) is 1. The van der Waals surface area contributed by atoms with Gasteiger partial charge in [0.2, 0.25) is 0 Å². The molecule has 0 heterocycles. The highest BCUT2D eigenvalue weighted by Gasteiger charge is 2.09. The molecule has 0 saturated carbocycles. The molecule has 0 atom stereocenters. The number of phenols is 1. The summed E-state index contributed by atoms with van der Waals surface area (Å²) in [6.07, 6.45) is 0. The Labute approximate surface area is 161 Å². The monoisotopic (exact) mass is 371 g/mol. The Morgan fingerprint density at radius 2 is 1.46 bits per heavy atom. The van der Waals surface area contributed by atoms with E-state index in [1.807, 2.05) is 48.5 Å². The van der Waals surface area contributed by atoms with Gasteiger partial charge in [-0.15, -0.1) is 0 Å². The lowest BCUT2D eigenvalue weighted by Crippen LogP contribution is -2.02. The topological polar surface area (TPSA) is 78.8 Å². The molecule has 0 aliphatic heterocycles. The van der Waals surface area contributed by atoms with Gasteiger partial charge >= 0.3 is 5.97 Å². The lowest BCUT2D eigenvalue weighted by atomic mass is 10.1. The van der Waals surface area contributed by atoms with E-state index in [1.54, 1.807) is 36.4 Å². The quantitative estimate of drug-likeness (QED) is 0.414. The highest BCUT2D eigenvalue weighted by Crippen LogP contribution is 2.29. The van der Waals surface area contributed by atoms with E-state index in [9.17, 15) is 15.0 Å². The second-order valence-electron chi connectivity index (χ2n) is 6.30. The van der Waals surface area contributed by atoms with E-state index >= 15 is 0 Å². The van der Waals surface area contributed by atoms with Crippen molar-refractivity contribution in [1.29, 1.82) is 0 Å². The SMILES string of the molecule is O=C(O)c1ccccc1Nc1ccc(Oc2ccc3cc(O)ccc3c2)cc1. The fourth-order valence-electron chi connectivity index (χ4n) is 2.95. The van der Waals surface area contributed by atoms with Crippen LogP contribution in [0.3, 0.4) is 0 Å². The molecule has 0 aromatic heterocycles. The van der Waals surface area contributed by atoms with Crippen molar-refractivity contribution in [2.45, 2.75) is 0 Å². The molecule has 5 nitrogen and oxygen atoms in total. The van der Waals surface area contributed by atoms with Gasteiger partial charge in [0.25, 0.3) is 0 Å². The first-order valence-electron chi connectivity index (χ1n) is 8.68. The van der Waals surface area contributed by atoms with Gasteiger partial charge in [0.15, 0.2) is 0 Å². The summed E-state index contributed by atoms with van der Waals surface area (Å²) in [5.41, 5.74) is 1.50. The summed E-state index contributed by atoms with van der Waals surface area (Å²) >= 11 is 0. The first-order chi connectivity index (χ1) is 13.6. The Bertz CT molecular complexity index is 1150. The lowest BCUT2D eigenvalue weighted by molar-refractivity contribution is 0.0698. The van der Waals surface area contributed by atoms with Crippen LogP contribution in [0.4, 0.5) is 11.4 Å². The second-order valence-corrected chi connectivity index (χ2v) is 6.30. The van der Waals surface area contributed by atoms with E-state index in [0.717, 1.165) is 16.5 Å². The molecule has 4 aromatic carbocycles. The average molecular weight is 371 g/mol. The number of fused-ring (bicyclic) bond motifs is 1. The normalized spacial score (nSPS) is 10.6. The maximum Gasteiger partial charge on any atom is 0.337 e. The third-order valence-electron chi connectivity index (χ3n) is 4.32. The summed E-state index contributed by atoms with van der Waals surface area (Å²) in [6, 6.07) is 24.9. The summed E-state index contributed by atoms with van der Waals surface area (Å²) in [6.45, 7) is 0. The number of aromatic hydroxyl groups is 1. The van der Waals surface area contributed by atoms with Gasteiger partial charge in [0.05, 0.1) is 11.3 Å². The Morgan fingerprint density at radius 1 is 0.786 bits per heavy atom. The Morgan fingerprint density at radius 3 is 2.25 bits per heavy atom. The number of carbonyl (C=O) groups is 1. The fraction of sp³-hybridized carbons (Fsp3) is 0. The molecule has 0 fully saturated rings. The number of carboxylic acids is 1. The standard InChI is InChI=1S/C23H17NO4/c25-18-9-5-16-14-20(10-6-15(16)13-18)28-19-11-7-17(8-12-19)24-22-4-2-1-3-21(22)23(26)27/h1-14,24-25H,(H,26,27). The maximum absolute atomic E-state index is 11.3. The maximum atomic E-state index is 11.3. The van der Waals surface area contributed by atoms with Crippen LogP contribution >= 0.6 is 0 Å². The number of phenolic OH excluding ortho intramolecular Hbond substituents is 1. The van der Waals surface area contributed by atoms with Crippen molar-refractivity contribution in [1.82, 2.24) is 0 Å². The molecule has 0 aliphatic carbocycles. The second kappa shape index (κ2) is 7.32. The number of benzene rings is 4. The zero-order valence-electron chi connectivity index (χ0n) is 14.8. The van der Waals surface area contributed by atoms with Crippen LogP contribution in [0, 0.1) is 0 Å². The molecule has 0 unspecified atom stereocenters. The van der Waals surface area contributed by atoms with E-state index in [2.05, 4.69) is 5.32 Å². The zero-order valence-corrected chi connectivity index (χ0v) is 14.8. The highest BCUT2D eigenvalue weighted by atomic mass is 16.5. The van der Waals surface area contributed by atoms with Crippen LogP contribution in [0.5, 0.6) is 17.2 Å². The molecule has 138 valence electrons. The minimum Gasteiger partial charge on any atom is -0.508 e. The Kier molecular flexibility index (Phi) is 4.56. The molecule has 0 aliphatic rings. The van der Waals surface area contributed by atoms with Crippen molar-refractivity contribution >= 4 is 28.1 Å². The molecule has 4 rings (SSSR count). The summed E-state index contributed by atoms with van der Waals surface area (Å²) in [7, 11) is 0. The van der Waals surface area contributed by atoms with Crippen molar-refractivity contribution in [3.63, 3.8) is 0 Å². The smallest absolute Gasteiger partial charge is 0.337 e. The van der Waals surface area contributed by atoms with E-state index in [4.69, 9.17) is 4.74 Å². The minimum absolute atomic E-state index is 0.213. The molecule has 28 heavy (non-hydrogen) atoms. The third-order valence-corrected chi connectivity index (χ3v) is 4.32. The van der Waals surface area contributed by atoms with Gasteiger partial charge in [-0.3, -0.25) is 0 Å². The number of anilines is 2. The molecule has 3 N–H and O–H groups in total. The van der Waals surface area contributed by atoms with Crippen LogP contribution in [0.15, 0.2) is 84.9 Å². The van der Waals surface area contributed by atoms with E-state index in [0.29, 0.717) is 17.2 Å². The predicted octanol–water partition coefficient (Wildman–Crippen LogP) is 5.78. The van der Waals surface area contributed by atoms with Gasteiger partial charge in [-0.25, -0.2) is 4.79 Å². The van der Waals surface area contributed by atoms with Crippen molar-refractivity contribution in [2.24, 2.45) is 0 Å². The molecule has 0 radical (unpaired) electrons. The van der Waals surface area contributed by atoms with E-state index in [-0.39, 0.29) is 11.3 Å². The first kappa shape index (κ1) is 17.4. The van der Waals surface area contributed by atoms with Gasteiger partial charge in [0, 0.05) is 5.69 Å². The number of ether oxygens (including phenoxy) is 1. The van der Waals surface area contributed by atoms with Crippen LogP contribution in [0.1, 0.15) is 10.4 Å². The fourth-order valence-corrected chi connectivity index (χ4v) is 2.95. The summed E-state index contributed by atoms with van der Waals surface area (Å²) in [5.74, 6) is 0.603. The van der Waals surface area contributed by atoms with E-state index < -0.39 is 5.97 Å². The number of hydrogen-bond acceptors (Lipinski definition) is 4. The van der Waals surface area contributed by atoms with Gasteiger partial charge < -0.3 is 20.3 Å². The van der Waals surface area contributed by atoms with Gasteiger partial charge in [0.1, 0.15) is 17.2 Å². The van der Waals surface area contributed by atoms with Crippen LogP contribution < -0.4 is 10.1 Å². The van der Waals surface area contributed by atoms with Gasteiger partial charge in [-0.1, -0.05) is 24.3 Å². The highest BCUT2D eigenvalue weighted by molar-refractivity contribution is 5.95. The summed E-state index contributed by atoms with van der Waals surface area (Å²) in [4.78, 5) is 11.3. The summed E-state index contributed by atoms with van der Waals surface area (Å²) < 4.78 is 5.90. The number of aromatic carboxylic acids is 1. The lowest BCUT2D eigenvalue weighted by Gasteiger charge is -2.11. The molecule has 4 aromatic rings. The first-order valence-corrected chi connectivity index (χ1v) is 8.68. The zero-order chi connectivity index (χ0) is 19.5. The van der Waals surface area contributed by atoms with Gasteiger partial charge in [-0.2, -0.15) is 0 Å². The van der Waals surface area contributed by atoms with Crippen LogP contribution in [-0.4, -0.2) is 16.2 Å². The van der Waals surface area contributed by atoms with Crippen molar-refractivity contribution in [3.8, 4) is 17.2 Å². The summed E-state index contributed by atoms with van der Waals surface area (Å²) in [5, 5.41) is 23.8. The molecular formula is C23H17NO4. The molecule has 0 amide bonds. The molecular weight excluding hydrogens is 354 g/mol. The largest absolute Gasteiger partial charge is 0.508 e. The van der Waals surface area contributed by atoms with Crippen LogP contribution in [0.25, 0.3) is 10.8 Å².